The van der Waals surface area contributed by atoms with Gasteiger partial charge in [-0.3, -0.25) is 19.3 Å². The number of benzene rings is 1. The molecule has 0 unspecified atom stereocenters. The second kappa shape index (κ2) is 6.25. The quantitative estimate of drug-likeness (QED) is 0.615. The van der Waals surface area contributed by atoms with E-state index in [-0.39, 0.29) is 53.8 Å². The van der Waals surface area contributed by atoms with E-state index in [0.29, 0.717) is 11.8 Å². The zero-order valence-electron chi connectivity index (χ0n) is 16.7. The van der Waals surface area contributed by atoms with Gasteiger partial charge in [-0.1, -0.05) is 37.1 Å². The third-order valence-corrected chi connectivity index (χ3v) is 8.29. The van der Waals surface area contributed by atoms with Crippen molar-refractivity contribution < 1.29 is 18.8 Å². The molecule has 4 fully saturated rings. The number of amides is 3. The highest BCUT2D eigenvalue weighted by Gasteiger charge is 2.67. The van der Waals surface area contributed by atoms with Crippen LogP contribution in [0.5, 0.6) is 0 Å². The summed E-state index contributed by atoms with van der Waals surface area (Å²) in [5.74, 6) is -0.103. The van der Waals surface area contributed by atoms with Crippen LogP contribution in [0.1, 0.15) is 37.7 Å². The SMILES string of the molecule is O=C(CN1C(=O)[C@@H]2[C@H]3C=C[C@@H]([C@@H]4C[C@H]34)[C@@H]2C1=O)NC1(c2ccc(F)cc2)CCCC1. The molecule has 6 atom stereocenters. The van der Waals surface area contributed by atoms with Crippen molar-refractivity contribution >= 4 is 17.7 Å². The molecule has 6 aliphatic rings. The van der Waals surface area contributed by atoms with E-state index < -0.39 is 5.54 Å². The van der Waals surface area contributed by atoms with Gasteiger partial charge in [-0.25, -0.2) is 4.39 Å². The van der Waals surface area contributed by atoms with Crippen LogP contribution in [0.25, 0.3) is 0 Å². The first-order valence-corrected chi connectivity index (χ1v) is 11.1. The number of allylic oxidation sites excluding steroid dienone is 2. The summed E-state index contributed by atoms with van der Waals surface area (Å²) in [6.07, 6.45) is 8.89. The smallest absolute Gasteiger partial charge is 0.240 e. The molecule has 1 aromatic carbocycles. The molecule has 6 heteroatoms. The molecule has 3 amide bonds. The molecule has 1 aromatic rings. The summed E-state index contributed by atoms with van der Waals surface area (Å²) in [6.45, 7) is -0.220. The molecular weight excluding hydrogens is 383 g/mol. The van der Waals surface area contributed by atoms with Crippen LogP contribution < -0.4 is 5.32 Å². The number of nitrogens with one attached hydrogen (secondary N) is 1. The minimum atomic E-state index is -0.550. The van der Waals surface area contributed by atoms with E-state index in [0.717, 1.165) is 37.7 Å². The molecule has 156 valence electrons. The first-order chi connectivity index (χ1) is 14.5. The van der Waals surface area contributed by atoms with Crippen molar-refractivity contribution in [2.45, 2.75) is 37.6 Å². The van der Waals surface area contributed by atoms with Gasteiger partial charge in [0.15, 0.2) is 0 Å². The van der Waals surface area contributed by atoms with Crippen molar-refractivity contribution in [1.82, 2.24) is 10.2 Å². The van der Waals surface area contributed by atoms with E-state index in [9.17, 15) is 18.8 Å². The molecule has 1 aliphatic heterocycles. The van der Waals surface area contributed by atoms with Crippen molar-refractivity contribution in [3.8, 4) is 0 Å². The normalized spacial score (nSPS) is 37.3. The van der Waals surface area contributed by atoms with Crippen molar-refractivity contribution in [3.63, 3.8) is 0 Å². The first-order valence-electron chi connectivity index (χ1n) is 11.1. The monoisotopic (exact) mass is 408 g/mol. The maximum atomic E-state index is 13.4. The van der Waals surface area contributed by atoms with Crippen LogP contribution in [-0.4, -0.2) is 29.2 Å². The number of rotatable bonds is 4. The Labute approximate surface area is 174 Å². The molecule has 1 saturated heterocycles. The van der Waals surface area contributed by atoms with Crippen molar-refractivity contribution in [2.24, 2.45) is 35.5 Å². The summed E-state index contributed by atoms with van der Waals surface area (Å²) in [5, 5.41) is 3.11. The van der Waals surface area contributed by atoms with Gasteiger partial charge in [-0.05, 0) is 60.6 Å². The number of halogens is 1. The Bertz CT molecular complexity index is 929. The van der Waals surface area contributed by atoms with Gasteiger partial charge >= 0.3 is 0 Å². The second-order valence-corrected chi connectivity index (χ2v) is 9.76. The van der Waals surface area contributed by atoms with Gasteiger partial charge in [0.05, 0.1) is 17.4 Å². The lowest BCUT2D eigenvalue weighted by Crippen LogP contribution is -2.49. The predicted octanol–water partition coefficient (Wildman–Crippen LogP) is 2.76. The molecule has 2 bridgehead atoms. The maximum Gasteiger partial charge on any atom is 0.240 e. The van der Waals surface area contributed by atoms with Crippen LogP contribution in [0.3, 0.4) is 0 Å². The highest BCUT2D eigenvalue weighted by molar-refractivity contribution is 6.08. The molecule has 0 aromatic heterocycles. The van der Waals surface area contributed by atoms with Crippen LogP contribution in [-0.2, 0) is 19.9 Å². The molecule has 0 spiro atoms. The van der Waals surface area contributed by atoms with Gasteiger partial charge < -0.3 is 5.32 Å². The van der Waals surface area contributed by atoms with Gasteiger partial charge in [0.2, 0.25) is 17.7 Å². The number of imide groups is 1. The van der Waals surface area contributed by atoms with Gasteiger partial charge in [-0.15, -0.1) is 0 Å². The molecular formula is C24H25FN2O3. The fraction of sp³-hybridized carbons (Fsp3) is 0.542. The van der Waals surface area contributed by atoms with Gasteiger partial charge in [0.1, 0.15) is 12.4 Å². The second-order valence-electron chi connectivity index (χ2n) is 9.76. The number of carbonyl (C=O) groups is 3. The minimum absolute atomic E-state index is 0.162. The van der Waals surface area contributed by atoms with E-state index in [1.165, 1.54) is 17.0 Å². The number of hydrogen-bond acceptors (Lipinski definition) is 3. The third kappa shape index (κ3) is 2.48. The average Bonchev–Trinajstić information content (AvgIpc) is 3.39. The van der Waals surface area contributed by atoms with Crippen molar-refractivity contribution in [2.75, 3.05) is 6.54 Å². The lowest BCUT2D eigenvalue weighted by Gasteiger charge is -2.37. The van der Waals surface area contributed by atoms with Crippen LogP contribution in [0.4, 0.5) is 4.39 Å². The molecule has 1 heterocycles. The molecule has 3 saturated carbocycles. The molecule has 5 nitrogen and oxygen atoms in total. The number of likely N-dealkylation sites (tertiary alicyclic amines) is 1. The summed E-state index contributed by atoms with van der Waals surface area (Å²) in [5.41, 5.74) is 0.329. The fourth-order valence-corrected chi connectivity index (χ4v) is 6.86. The lowest BCUT2D eigenvalue weighted by atomic mass is 9.63. The topological polar surface area (TPSA) is 66.5 Å². The van der Waals surface area contributed by atoms with Gasteiger partial charge in [0, 0.05) is 0 Å². The Kier molecular flexibility index (Phi) is 3.81. The predicted molar refractivity (Wildman–Crippen MR) is 106 cm³/mol. The van der Waals surface area contributed by atoms with E-state index in [2.05, 4.69) is 17.5 Å². The zero-order chi connectivity index (χ0) is 20.6. The van der Waals surface area contributed by atoms with Gasteiger partial charge in [0.25, 0.3) is 0 Å². The standard InChI is InChI=1S/C24H25FN2O3/c25-14-5-3-13(4-6-14)24(9-1-2-10-24)26-19(28)12-27-22(29)20-15-7-8-16(18-11-17(15)18)21(20)23(27)30/h3-8,15-18,20-21H,1-2,9-12H2,(H,26,28)/t15-,16-,17-,18+,20-,21+/m0/s1. The number of hydrogen-bond donors (Lipinski definition) is 1. The van der Waals surface area contributed by atoms with Crippen LogP contribution >= 0.6 is 0 Å². The van der Waals surface area contributed by atoms with E-state index in [1.54, 1.807) is 12.1 Å². The Morgan fingerprint density at radius 3 is 2.13 bits per heavy atom. The van der Waals surface area contributed by atoms with Crippen LogP contribution in [0.2, 0.25) is 0 Å². The summed E-state index contributed by atoms with van der Waals surface area (Å²) in [7, 11) is 0. The zero-order valence-corrected chi connectivity index (χ0v) is 16.7. The molecule has 30 heavy (non-hydrogen) atoms. The molecule has 1 N–H and O–H groups in total. The lowest BCUT2D eigenvalue weighted by molar-refractivity contribution is -0.144. The number of nitrogens with zero attached hydrogens (tertiary/aromatic N) is 1. The average molecular weight is 408 g/mol. The third-order valence-electron chi connectivity index (χ3n) is 8.29. The highest BCUT2D eigenvalue weighted by atomic mass is 19.1. The largest absolute Gasteiger partial charge is 0.345 e. The Balaban J connectivity index is 1.21. The van der Waals surface area contributed by atoms with Crippen molar-refractivity contribution in [3.05, 3.63) is 47.8 Å². The Hall–Kier alpha value is -2.50. The molecule has 5 aliphatic carbocycles. The molecule has 7 rings (SSSR count). The maximum absolute atomic E-state index is 13.4. The molecule has 0 radical (unpaired) electrons. The Morgan fingerprint density at radius 1 is 1.00 bits per heavy atom. The summed E-state index contributed by atoms with van der Waals surface area (Å²) < 4.78 is 13.4. The van der Waals surface area contributed by atoms with Gasteiger partial charge in [-0.2, -0.15) is 0 Å². The fourth-order valence-electron chi connectivity index (χ4n) is 6.86. The summed E-state index contributed by atoms with van der Waals surface area (Å²) >= 11 is 0. The van der Waals surface area contributed by atoms with E-state index in [4.69, 9.17) is 0 Å². The summed E-state index contributed by atoms with van der Waals surface area (Å²) in [4.78, 5) is 40.4. The highest BCUT2D eigenvalue weighted by Crippen LogP contribution is 2.65. The van der Waals surface area contributed by atoms with Crippen molar-refractivity contribution in [1.29, 1.82) is 0 Å². The van der Waals surface area contributed by atoms with E-state index in [1.807, 2.05) is 0 Å². The first kappa shape index (κ1) is 18.3. The number of carbonyl (C=O) groups excluding carboxylic acids is 3. The van der Waals surface area contributed by atoms with E-state index >= 15 is 0 Å². The minimum Gasteiger partial charge on any atom is -0.345 e. The summed E-state index contributed by atoms with van der Waals surface area (Å²) in [6, 6.07) is 6.26. The Morgan fingerprint density at radius 2 is 1.57 bits per heavy atom. The van der Waals surface area contributed by atoms with Crippen LogP contribution in [0.15, 0.2) is 36.4 Å². The van der Waals surface area contributed by atoms with Crippen LogP contribution in [0, 0.1) is 41.3 Å².